The van der Waals surface area contributed by atoms with Crippen molar-refractivity contribution in [2.24, 2.45) is 0 Å². The van der Waals surface area contributed by atoms with Gasteiger partial charge in [-0.25, -0.2) is 14.8 Å². The Labute approximate surface area is 104 Å². The van der Waals surface area contributed by atoms with Gasteiger partial charge in [-0.2, -0.15) is 0 Å². The molecule has 0 bridgehead atoms. The molecule has 0 spiro atoms. The average molecular weight is 256 g/mol. The van der Waals surface area contributed by atoms with E-state index < -0.39 is 6.09 Å². The maximum absolute atomic E-state index is 11.0. The summed E-state index contributed by atoms with van der Waals surface area (Å²) in [5, 5.41) is 9.17. The summed E-state index contributed by atoms with van der Waals surface area (Å²) >= 11 is 5.87. The van der Waals surface area contributed by atoms with Gasteiger partial charge >= 0.3 is 6.09 Å². The summed E-state index contributed by atoms with van der Waals surface area (Å²) in [5.74, 6) is 0. The third-order valence-electron chi connectivity index (χ3n) is 2.74. The molecule has 92 valence electrons. The van der Waals surface area contributed by atoms with Gasteiger partial charge in [-0.05, 0) is 11.6 Å². The molecule has 0 unspecified atom stereocenters. The van der Waals surface area contributed by atoms with E-state index in [4.69, 9.17) is 16.7 Å². The Hall–Kier alpha value is -1.36. The summed E-state index contributed by atoms with van der Waals surface area (Å²) in [6, 6.07) is 0. The van der Waals surface area contributed by atoms with Gasteiger partial charge in [-0.15, -0.1) is 0 Å². The van der Waals surface area contributed by atoms with Crippen LogP contribution in [0.15, 0.2) is 0 Å². The third-order valence-corrected chi connectivity index (χ3v) is 2.91. The van der Waals surface area contributed by atoms with Crippen molar-refractivity contribution in [1.82, 2.24) is 14.9 Å². The second-order valence-corrected chi connectivity index (χ2v) is 5.49. The maximum Gasteiger partial charge on any atom is 0.407 e. The minimum Gasteiger partial charge on any atom is -0.465 e. The molecule has 0 saturated carbocycles. The number of nitrogens with zero attached hydrogens (tertiary/aromatic N) is 3. The molecule has 2 heterocycles. The first-order valence-electron chi connectivity index (χ1n) is 5.32. The summed E-state index contributed by atoms with van der Waals surface area (Å²) in [5.41, 5.74) is 2.27. The molecule has 0 radical (unpaired) electrons. The molecule has 1 aromatic heterocycles. The van der Waals surface area contributed by atoms with Crippen LogP contribution in [0.4, 0.5) is 4.79 Å². The second kappa shape index (κ2) is 3.84. The molecule has 6 heteroatoms. The fraction of sp³-hybridized carbons (Fsp3) is 0.545. The Morgan fingerprint density at radius 2 is 2.00 bits per heavy atom. The lowest BCUT2D eigenvalue weighted by Gasteiger charge is -2.20. The van der Waals surface area contributed by atoms with Crippen LogP contribution in [0.25, 0.3) is 0 Å². The standard InChI is InChI=1S/C11H14ClN3O2/c1-11(2,3)8-6-4-15(10(16)17)5-7(6)13-9(12)14-8/h4-5H2,1-3H3,(H,16,17). The molecular weight excluding hydrogens is 242 g/mol. The number of carbonyl (C=O) groups is 1. The van der Waals surface area contributed by atoms with Gasteiger partial charge in [-0.3, -0.25) is 4.90 Å². The number of fused-ring (bicyclic) bond motifs is 1. The van der Waals surface area contributed by atoms with Crippen molar-refractivity contribution < 1.29 is 9.90 Å². The molecule has 17 heavy (non-hydrogen) atoms. The number of aromatic nitrogens is 2. The Kier molecular flexibility index (Phi) is 2.73. The first kappa shape index (κ1) is 12.1. The van der Waals surface area contributed by atoms with Gasteiger partial charge in [-0.1, -0.05) is 20.8 Å². The van der Waals surface area contributed by atoms with Crippen LogP contribution in [0.1, 0.15) is 37.7 Å². The molecule has 5 nitrogen and oxygen atoms in total. The quantitative estimate of drug-likeness (QED) is 0.723. The topological polar surface area (TPSA) is 66.3 Å². The molecule has 0 saturated heterocycles. The zero-order valence-corrected chi connectivity index (χ0v) is 10.7. The van der Waals surface area contributed by atoms with Gasteiger partial charge in [0.15, 0.2) is 0 Å². The van der Waals surface area contributed by atoms with Crippen LogP contribution in [0.3, 0.4) is 0 Å². The van der Waals surface area contributed by atoms with Gasteiger partial charge < -0.3 is 5.11 Å². The minimum absolute atomic E-state index is 0.175. The Bertz CT molecular complexity index is 482. The molecule has 0 fully saturated rings. The van der Waals surface area contributed by atoms with Crippen molar-refractivity contribution in [1.29, 1.82) is 0 Å². The Balaban J connectivity index is 2.50. The van der Waals surface area contributed by atoms with E-state index in [2.05, 4.69) is 9.97 Å². The van der Waals surface area contributed by atoms with E-state index in [9.17, 15) is 4.79 Å². The zero-order valence-electron chi connectivity index (χ0n) is 9.99. The molecule has 1 aromatic rings. The molecular formula is C11H14ClN3O2. The largest absolute Gasteiger partial charge is 0.465 e. The first-order chi connectivity index (χ1) is 7.79. The lowest BCUT2D eigenvalue weighted by Crippen LogP contribution is -2.23. The molecule has 1 N–H and O–H groups in total. The Morgan fingerprint density at radius 3 is 2.53 bits per heavy atom. The SMILES string of the molecule is CC(C)(C)c1nc(Cl)nc2c1CN(C(=O)O)C2. The number of amides is 1. The van der Waals surface area contributed by atoms with Crippen molar-refractivity contribution in [3.63, 3.8) is 0 Å². The lowest BCUT2D eigenvalue weighted by atomic mass is 9.88. The predicted octanol–water partition coefficient (Wildman–Crippen LogP) is 2.42. The van der Waals surface area contributed by atoms with Crippen LogP contribution in [-0.4, -0.2) is 26.1 Å². The highest BCUT2D eigenvalue weighted by atomic mass is 35.5. The third kappa shape index (κ3) is 2.20. The molecule has 1 amide bonds. The number of hydrogen-bond donors (Lipinski definition) is 1. The number of hydrogen-bond acceptors (Lipinski definition) is 3. The fourth-order valence-electron chi connectivity index (χ4n) is 1.98. The fourth-order valence-corrected chi connectivity index (χ4v) is 2.17. The summed E-state index contributed by atoms with van der Waals surface area (Å²) in [6.07, 6.45) is -0.945. The van der Waals surface area contributed by atoms with Gasteiger partial charge in [0.2, 0.25) is 5.28 Å². The molecule has 2 rings (SSSR count). The van der Waals surface area contributed by atoms with Crippen molar-refractivity contribution in [2.45, 2.75) is 39.3 Å². The van der Waals surface area contributed by atoms with Crippen LogP contribution in [-0.2, 0) is 18.5 Å². The van der Waals surface area contributed by atoms with Crippen LogP contribution in [0.2, 0.25) is 5.28 Å². The maximum atomic E-state index is 11.0. The highest BCUT2D eigenvalue weighted by Crippen LogP contribution is 2.32. The predicted molar refractivity (Wildman–Crippen MR) is 63.0 cm³/mol. The normalized spacial score (nSPS) is 14.9. The molecule has 0 aromatic carbocycles. The summed E-state index contributed by atoms with van der Waals surface area (Å²) in [7, 11) is 0. The van der Waals surface area contributed by atoms with E-state index >= 15 is 0 Å². The van der Waals surface area contributed by atoms with Crippen molar-refractivity contribution in [3.8, 4) is 0 Å². The Morgan fingerprint density at radius 1 is 1.35 bits per heavy atom. The monoisotopic (exact) mass is 255 g/mol. The van der Waals surface area contributed by atoms with E-state index in [-0.39, 0.29) is 17.2 Å². The van der Waals surface area contributed by atoms with Gasteiger partial charge in [0, 0.05) is 11.0 Å². The van der Waals surface area contributed by atoms with Crippen LogP contribution < -0.4 is 0 Å². The number of carboxylic acid groups (broad SMARTS) is 1. The average Bonchev–Trinajstić information content (AvgIpc) is 2.58. The smallest absolute Gasteiger partial charge is 0.407 e. The van der Waals surface area contributed by atoms with Crippen LogP contribution in [0, 0.1) is 0 Å². The van der Waals surface area contributed by atoms with E-state index in [0.29, 0.717) is 6.54 Å². The van der Waals surface area contributed by atoms with Gasteiger partial charge in [0.05, 0.1) is 24.5 Å². The highest BCUT2D eigenvalue weighted by Gasteiger charge is 2.31. The number of halogens is 1. The summed E-state index contributed by atoms with van der Waals surface area (Å²) < 4.78 is 0. The molecule has 1 aliphatic rings. The molecule has 1 aliphatic heterocycles. The van der Waals surface area contributed by atoms with Crippen LogP contribution >= 0.6 is 11.6 Å². The lowest BCUT2D eigenvalue weighted by molar-refractivity contribution is 0.144. The van der Waals surface area contributed by atoms with Gasteiger partial charge in [0.25, 0.3) is 0 Å². The van der Waals surface area contributed by atoms with Gasteiger partial charge in [0.1, 0.15) is 0 Å². The van der Waals surface area contributed by atoms with E-state index in [1.807, 2.05) is 20.8 Å². The molecule has 0 aliphatic carbocycles. The van der Waals surface area contributed by atoms with E-state index in [0.717, 1.165) is 17.0 Å². The molecule has 0 atom stereocenters. The van der Waals surface area contributed by atoms with Crippen molar-refractivity contribution in [2.75, 3.05) is 0 Å². The van der Waals surface area contributed by atoms with E-state index in [1.165, 1.54) is 4.90 Å². The summed E-state index contributed by atoms with van der Waals surface area (Å²) in [4.78, 5) is 20.6. The van der Waals surface area contributed by atoms with Crippen molar-refractivity contribution in [3.05, 3.63) is 22.2 Å². The second-order valence-electron chi connectivity index (χ2n) is 5.16. The van der Waals surface area contributed by atoms with Crippen molar-refractivity contribution >= 4 is 17.7 Å². The van der Waals surface area contributed by atoms with E-state index in [1.54, 1.807) is 0 Å². The first-order valence-corrected chi connectivity index (χ1v) is 5.70. The zero-order chi connectivity index (χ0) is 12.8. The summed E-state index contributed by atoms with van der Waals surface area (Å²) in [6.45, 7) is 6.70. The van der Waals surface area contributed by atoms with Crippen LogP contribution in [0.5, 0.6) is 0 Å². The minimum atomic E-state index is -0.945. The highest BCUT2D eigenvalue weighted by molar-refractivity contribution is 6.28. The number of rotatable bonds is 0.